The van der Waals surface area contributed by atoms with Gasteiger partial charge in [0.15, 0.2) is 0 Å². The third kappa shape index (κ3) is 4.04. The Hall–Kier alpha value is -1.54. The van der Waals surface area contributed by atoms with Crippen LogP contribution in [0.2, 0.25) is 0 Å². The SMILES string of the molecule is CC(C)C(CC(=O)O)Nc1cc(Br)ccc1C#N. The Kier molecular flexibility index (Phi) is 5.17. The summed E-state index contributed by atoms with van der Waals surface area (Å²) in [5, 5.41) is 21.0. The van der Waals surface area contributed by atoms with Crippen LogP contribution < -0.4 is 5.32 Å². The lowest BCUT2D eigenvalue weighted by molar-refractivity contribution is -0.137. The van der Waals surface area contributed by atoms with Crippen LogP contribution in [-0.4, -0.2) is 17.1 Å². The van der Waals surface area contributed by atoms with Crippen LogP contribution in [0.4, 0.5) is 5.69 Å². The summed E-state index contributed by atoms with van der Waals surface area (Å²) in [5.41, 5.74) is 1.17. The van der Waals surface area contributed by atoms with Crippen LogP contribution in [0.25, 0.3) is 0 Å². The van der Waals surface area contributed by atoms with E-state index in [1.807, 2.05) is 13.8 Å². The average molecular weight is 311 g/mol. The summed E-state index contributed by atoms with van der Waals surface area (Å²) in [6, 6.07) is 7.15. The Morgan fingerprint density at radius 1 is 1.56 bits per heavy atom. The molecule has 5 heteroatoms. The van der Waals surface area contributed by atoms with E-state index in [2.05, 4.69) is 27.3 Å². The molecule has 0 aliphatic rings. The van der Waals surface area contributed by atoms with Crippen LogP contribution in [0, 0.1) is 17.2 Å². The zero-order valence-corrected chi connectivity index (χ0v) is 11.9. The number of hydrogen-bond acceptors (Lipinski definition) is 3. The molecule has 0 saturated heterocycles. The van der Waals surface area contributed by atoms with E-state index in [1.165, 1.54) is 0 Å². The first-order valence-corrected chi connectivity index (χ1v) is 6.41. The zero-order chi connectivity index (χ0) is 13.7. The van der Waals surface area contributed by atoms with Gasteiger partial charge in [-0.3, -0.25) is 4.79 Å². The van der Waals surface area contributed by atoms with Gasteiger partial charge in [-0.2, -0.15) is 5.26 Å². The maximum Gasteiger partial charge on any atom is 0.305 e. The fourth-order valence-electron chi connectivity index (χ4n) is 1.57. The number of nitriles is 1. The van der Waals surface area contributed by atoms with Crippen LogP contribution in [0.15, 0.2) is 22.7 Å². The Morgan fingerprint density at radius 3 is 2.72 bits per heavy atom. The molecule has 0 aliphatic carbocycles. The Bertz CT molecular complexity index is 480. The van der Waals surface area contributed by atoms with Gasteiger partial charge in [0.2, 0.25) is 0 Å². The minimum Gasteiger partial charge on any atom is -0.481 e. The van der Waals surface area contributed by atoms with Crippen molar-refractivity contribution >= 4 is 27.6 Å². The van der Waals surface area contributed by atoms with Crippen LogP contribution in [-0.2, 0) is 4.79 Å². The van der Waals surface area contributed by atoms with Crippen molar-refractivity contribution in [1.29, 1.82) is 5.26 Å². The van der Waals surface area contributed by atoms with Crippen molar-refractivity contribution in [2.75, 3.05) is 5.32 Å². The van der Waals surface area contributed by atoms with E-state index in [1.54, 1.807) is 18.2 Å². The maximum absolute atomic E-state index is 10.8. The fourth-order valence-corrected chi connectivity index (χ4v) is 1.94. The number of aliphatic carboxylic acids is 1. The molecule has 96 valence electrons. The molecule has 0 fully saturated rings. The number of halogens is 1. The Balaban J connectivity index is 2.96. The summed E-state index contributed by atoms with van der Waals surface area (Å²) < 4.78 is 0.849. The minimum atomic E-state index is -0.852. The first-order chi connectivity index (χ1) is 8.43. The monoisotopic (exact) mass is 310 g/mol. The standard InChI is InChI=1S/C13H15BrN2O2/c1-8(2)11(6-13(17)18)16-12-5-10(14)4-3-9(12)7-15/h3-5,8,11,16H,6H2,1-2H3,(H,17,18). The number of carbonyl (C=O) groups is 1. The van der Waals surface area contributed by atoms with E-state index in [0.717, 1.165) is 4.47 Å². The number of carboxylic acids is 1. The molecule has 1 atom stereocenters. The normalized spacial score (nSPS) is 11.9. The predicted octanol–water partition coefficient (Wildman–Crippen LogP) is 3.23. The van der Waals surface area contributed by atoms with Crippen molar-refractivity contribution < 1.29 is 9.90 Å². The highest BCUT2D eigenvalue weighted by Gasteiger charge is 2.18. The molecule has 0 aliphatic heterocycles. The lowest BCUT2D eigenvalue weighted by Crippen LogP contribution is -2.28. The van der Waals surface area contributed by atoms with Gasteiger partial charge in [-0.1, -0.05) is 29.8 Å². The van der Waals surface area contributed by atoms with Gasteiger partial charge in [-0.25, -0.2) is 0 Å². The van der Waals surface area contributed by atoms with Crippen LogP contribution in [0.5, 0.6) is 0 Å². The molecule has 0 spiro atoms. The fraction of sp³-hybridized carbons (Fsp3) is 0.385. The number of hydrogen-bond donors (Lipinski definition) is 2. The van der Waals surface area contributed by atoms with Crippen molar-refractivity contribution in [2.24, 2.45) is 5.92 Å². The first-order valence-electron chi connectivity index (χ1n) is 5.62. The van der Waals surface area contributed by atoms with E-state index in [4.69, 9.17) is 10.4 Å². The molecular weight excluding hydrogens is 296 g/mol. The van der Waals surface area contributed by atoms with Crippen molar-refractivity contribution in [3.8, 4) is 6.07 Å². The number of benzene rings is 1. The summed E-state index contributed by atoms with van der Waals surface area (Å²) in [6.45, 7) is 3.90. The topological polar surface area (TPSA) is 73.1 Å². The van der Waals surface area contributed by atoms with Crippen LogP contribution in [0.1, 0.15) is 25.8 Å². The molecule has 0 bridgehead atoms. The predicted molar refractivity (Wildman–Crippen MR) is 73.4 cm³/mol. The molecule has 0 radical (unpaired) electrons. The molecule has 2 N–H and O–H groups in total. The van der Waals surface area contributed by atoms with E-state index in [0.29, 0.717) is 11.3 Å². The number of rotatable bonds is 5. The quantitative estimate of drug-likeness (QED) is 0.875. The zero-order valence-electron chi connectivity index (χ0n) is 10.3. The molecule has 0 heterocycles. The van der Waals surface area contributed by atoms with Gasteiger partial charge in [0.25, 0.3) is 0 Å². The second-order valence-electron chi connectivity index (χ2n) is 4.39. The van der Waals surface area contributed by atoms with Gasteiger partial charge >= 0.3 is 5.97 Å². The highest BCUT2D eigenvalue weighted by molar-refractivity contribution is 9.10. The molecule has 0 saturated carbocycles. The summed E-state index contributed by atoms with van der Waals surface area (Å²) in [6.07, 6.45) is 0.0229. The van der Waals surface area contributed by atoms with Gasteiger partial charge in [0.1, 0.15) is 6.07 Å². The van der Waals surface area contributed by atoms with Crippen molar-refractivity contribution in [2.45, 2.75) is 26.3 Å². The number of nitrogens with zero attached hydrogens (tertiary/aromatic N) is 1. The molecule has 0 amide bonds. The Labute approximate surface area is 115 Å². The summed E-state index contributed by atoms with van der Waals surface area (Å²) in [7, 11) is 0. The smallest absolute Gasteiger partial charge is 0.305 e. The number of carboxylic acid groups (broad SMARTS) is 1. The second-order valence-corrected chi connectivity index (χ2v) is 5.31. The lowest BCUT2D eigenvalue weighted by atomic mass is 10.00. The summed E-state index contributed by atoms with van der Waals surface area (Å²) in [5.74, 6) is -0.693. The third-order valence-corrected chi connectivity index (χ3v) is 3.14. The van der Waals surface area contributed by atoms with E-state index in [-0.39, 0.29) is 18.4 Å². The number of nitrogens with one attached hydrogen (secondary N) is 1. The van der Waals surface area contributed by atoms with Crippen LogP contribution >= 0.6 is 15.9 Å². The lowest BCUT2D eigenvalue weighted by Gasteiger charge is -2.22. The largest absolute Gasteiger partial charge is 0.481 e. The second kappa shape index (κ2) is 6.41. The van der Waals surface area contributed by atoms with E-state index < -0.39 is 5.97 Å². The Morgan fingerprint density at radius 2 is 2.22 bits per heavy atom. The van der Waals surface area contributed by atoms with E-state index in [9.17, 15) is 4.79 Å². The highest BCUT2D eigenvalue weighted by Crippen LogP contribution is 2.23. The van der Waals surface area contributed by atoms with Crippen molar-refractivity contribution in [3.05, 3.63) is 28.2 Å². The molecule has 18 heavy (non-hydrogen) atoms. The molecule has 0 aromatic heterocycles. The highest BCUT2D eigenvalue weighted by atomic mass is 79.9. The minimum absolute atomic E-state index is 0.0229. The van der Waals surface area contributed by atoms with Gasteiger partial charge < -0.3 is 10.4 Å². The van der Waals surface area contributed by atoms with Crippen molar-refractivity contribution in [3.63, 3.8) is 0 Å². The van der Waals surface area contributed by atoms with E-state index >= 15 is 0 Å². The van der Waals surface area contributed by atoms with Gasteiger partial charge in [-0.15, -0.1) is 0 Å². The maximum atomic E-state index is 10.8. The van der Waals surface area contributed by atoms with Crippen molar-refractivity contribution in [1.82, 2.24) is 0 Å². The molecule has 1 unspecified atom stereocenters. The number of anilines is 1. The molecule has 1 aromatic rings. The van der Waals surface area contributed by atoms with Crippen LogP contribution in [0.3, 0.4) is 0 Å². The summed E-state index contributed by atoms with van der Waals surface area (Å²) >= 11 is 3.34. The van der Waals surface area contributed by atoms with Gasteiger partial charge in [-0.05, 0) is 24.1 Å². The first kappa shape index (κ1) is 14.5. The molecule has 1 aromatic carbocycles. The molecule has 4 nitrogen and oxygen atoms in total. The van der Waals surface area contributed by atoms with Gasteiger partial charge in [0.05, 0.1) is 17.7 Å². The molecular formula is C13H15BrN2O2. The van der Waals surface area contributed by atoms with Gasteiger partial charge in [0, 0.05) is 10.5 Å². The third-order valence-electron chi connectivity index (χ3n) is 2.64. The summed E-state index contributed by atoms with van der Waals surface area (Å²) in [4.78, 5) is 10.8. The average Bonchev–Trinajstić information content (AvgIpc) is 2.27. The molecule has 1 rings (SSSR count).